The first-order valence-corrected chi connectivity index (χ1v) is 17.4. The number of likely N-dealkylation sites (tertiary alicyclic amines) is 1. The highest BCUT2D eigenvalue weighted by Gasteiger charge is 2.47. The van der Waals surface area contributed by atoms with Crippen molar-refractivity contribution in [2.24, 2.45) is 17.8 Å². The molecule has 10 nitrogen and oxygen atoms in total. The Bertz CT molecular complexity index is 1580. The van der Waals surface area contributed by atoms with Gasteiger partial charge in [-0.25, -0.2) is 14.8 Å². The van der Waals surface area contributed by atoms with E-state index in [0.29, 0.717) is 37.0 Å². The van der Waals surface area contributed by atoms with E-state index in [4.69, 9.17) is 9.72 Å². The predicted molar refractivity (Wildman–Crippen MR) is 187 cm³/mol. The maximum absolute atomic E-state index is 14.4. The fourth-order valence-corrected chi connectivity index (χ4v) is 8.16. The van der Waals surface area contributed by atoms with Crippen LogP contribution in [0.15, 0.2) is 54.9 Å². The minimum atomic E-state index is -0.982. The van der Waals surface area contributed by atoms with Gasteiger partial charge >= 0.3 is 6.09 Å². The monoisotopic (exact) mass is 655 g/mol. The van der Waals surface area contributed by atoms with Crippen molar-refractivity contribution in [1.82, 2.24) is 14.9 Å². The number of carbonyl (C=O) groups is 2. The van der Waals surface area contributed by atoms with Crippen molar-refractivity contribution < 1.29 is 24.5 Å². The van der Waals surface area contributed by atoms with Crippen LogP contribution in [0.5, 0.6) is 5.75 Å². The first kappa shape index (κ1) is 33.7. The second-order valence-corrected chi connectivity index (χ2v) is 14.2. The van der Waals surface area contributed by atoms with E-state index >= 15 is 0 Å². The Kier molecular flexibility index (Phi) is 10.2. The molecular formula is C38H49N5O5. The number of carbonyl (C=O) groups excluding carboxylic acids is 1. The number of aromatic nitrogens is 2. The van der Waals surface area contributed by atoms with E-state index in [1.165, 1.54) is 10.5 Å². The van der Waals surface area contributed by atoms with Crippen LogP contribution in [-0.2, 0) is 4.79 Å². The number of methoxy groups -OCH3 is 1. The fourth-order valence-electron chi connectivity index (χ4n) is 8.16. The number of anilines is 2. The van der Waals surface area contributed by atoms with Gasteiger partial charge < -0.3 is 19.8 Å². The van der Waals surface area contributed by atoms with E-state index in [1.54, 1.807) is 13.3 Å². The van der Waals surface area contributed by atoms with Crippen LogP contribution >= 0.6 is 0 Å². The number of carboxylic acid groups (broad SMARTS) is 1. The number of ether oxygens (including phenoxy) is 1. The molecule has 3 aliphatic rings. The van der Waals surface area contributed by atoms with Gasteiger partial charge in [-0.1, -0.05) is 12.1 Å². The molecule has 3 fully saturated rings. The molecule has 0 spiro atoms. The zero-order chi connectivity index (χ0) is 33.9. The molecule has 0 unspecified atom stereocenters. The summed E-state index contributed by atoms with van der Waals surface area (Å²) in [5, 5.41) is 19.9. The number of aryl methyl sites for hydroxylation is 1. The molecule has 3 aromatic rings. The fraction of sp³-hybridized carbons (Fsp3) is 0.526. The predicted octanol–water partition coefficient (Wildman–Crippen LogP) is 6.36. The van der Waals surface area contributed by atoms with Gasteiger partial charge in [0.15, 0.2) is 0 Å². The molecule has 2 aromatic heterocycles. The SMILES string of the molecule is COc1ccc([C@H]2CC[C@H](CN(C(=O)C3CCC([C@H]4[C@H](O)CN4C(=O)O)CC3)c3cc(-c4ccc(N(C)C)nc4)ccn3)CC2)cc1C. The van der Waals surface area contributed by atoms with Crippen LogP contribution in [0.3, 0.4) is 0 Å². The normalized spacial score (nSPS) is 25.6. The molecule has 48 heavy (non-hydrogen) atoms. The number of nitrogens with zero attached hydrogens (tertiary/aromatic N) is 5. The average Bonchev–Trinajstić information content (AvgIpc) is 3.09. The summed E-state index contributed by atoms with van der Waals surface area (Å²) in [7, 11) is 5.64. The Morgan fingerprint density at radius 3 is 2.27 bits per heavy atom. The molecule has 2 saturated carbocycles. The highest BCUT2D eigenvalue weighted by atomic mass is 16.5. The van der Waals surface area contributed by atoms with Gasteiger partial charge in [-0.2, -0.15) is 0 Å². The summed E-state index contributed by atoms with van der Waals surface area (Å²) in [5.41, 5.74) is 4.45. The minimum absolute atomic E-state index is 0.0679. The van der Waals surface area contributed by atoms with Gasteiger partial charge in [0.2, 0.25) is 5.91 Å². The maximum atomic E-state index is 14.4. The second-order valence-electron chi connectivity index (χ2n) is 14.2. The van der Waals surface area contributed by atoms with E-state index in [9.17, 15) is 19.8 Å². The molecule has 2 N–H and O–H groups in total. The van der Waals surface area contributed by atoms with Gasteiger partial charge in [-0.05, 0) is 123 Å². The van der Waals surface area contributed by atoms with E-state index < -0.39 is 12.2 Å². The number of hydrogen-bond donors (Lipinski definition) is 2. The number of β-amino-alcohol motifs (C(OH)–C–C–N with tert-alkyl or cyclic N) is 1. The zero-order valence-electron chi connectivity index (χ0n) is 28.6. The van der Waals surface area contributed by atoms with Crippen LogP contribution in [0.4, 0.5) is 16.4 Å². The van der Waals surface area contributed by atoms with Crippen molar-refractivity contribution in [1.29, 1.82) is 0 Å². The summed E-state index contributed by atoms with van der Waals surface area (Å²) < 4.78 is 5.47. The number of aliphatic hydroxyl groups is 1. The Morgan fingerprint density at radius 2 is 1.67 bits per heavy atom. The largest absolute Gasteiger partial charge is 0.496 e. The van der Waals surface area contributed by atoms with Crippen molar-refractivity contribution in [2.45, 2.75) is 76.4 Å². The first-order chi connectivity index (χ1) is 23.1. The lowest BCUT2D eigenvalue weighted by Crippen LogP contribution is -2.65. The van der Waals surface area contributed by atoms with Gasteiger partial charge in [0.1, 0.15) is 17.4 Å². The van der Waals surface area contributed by atoms with Crippen molar-refractivity contribution in [3.63, 3.8) is 0 Å². The highest BCUT2D eigenvalue weighted by molar-refractivity contribution is 5.94. The van der Waals surface area contributed by atoms with E-state index in [-0.39, 0.29) is 30.3 Å². The summed E-state index contributed by atoms with van der Waals surface area (Å²) in [5.74, 6) is 3.31. The molecule has 1 aromatic carbocycles. The zero-order valence-corrected chi connectivity index (χ0v) is 28.6. The summed E-state index contributed by atoms with van der Waals surface area (Å²) in [6.45, 7) is 2.88. The Hall–Kier alpha value is -4.18. The lowest BCUT2D eigenvalue weighted by molar-refractivity contribution is -0.125. The summed E-state index contributed by atoms with van der Waals surface area (Å²) in [4.78, 5) is 40.6. The van der Waals surface area contributed by atoms with Gasteiger partial charge in [-0.15, -0.1) is 0 Å². The first-order valence-electron chi connectivity index (χ1n) is 17.4. The van der Waals surface area contributed by atoms with E-state index in [2.05, 4.69) is 30.1 Å². The molecule has 2 aliphatic carbocycles. The molecule has 10 heteroatoms. The van der Waals surface area contributed by atoms with Gasteiger partial charge in [0.25, 0.3) is 0 Å². The number of hydrogen-bond acceptors (Lipinski definition) is 7. The van der Waals surface area contributed by atoms with Gasteiger partial charge in [-0.3, -0.25) is 14.6 Å². The Balaban J connectivity index is 1.18. The van der Waals surface area contributed by atoms with Crippen LogP contribution < -0.4 is 14.5 Å². The lowest BCUT2D eigenvalue weighted by Gasteiger charge is -2.49. The van der Waals surface area contributed by atoms with E-state index in [1.807, 2.05) is 54.4 Å². The summed E-state index contributed by atoms with van der Waals surface area (Å²) >= 11 is 0. The quantitative estimate of drug-likeness (QED) is 0.273. The van der Waals surface area contributed by atoms with Crippen LogP contribution in [0, 0.1) is 24.7 Å². The number of benzene rings is 1. The number of amides is 2. The Morgan fingerprint density at radius 1 is 0.917 bits per heavy atom. The molecule has 3 heterocycles. The Labute approximate surface area is 283 Å². The highest BCUT2D eigenvalue weighted by Crippen LogP contribution is 2.41. The molecule has 0 bridgehead atoms. The standard InChI is InChI=1S/C38H49N5O5/c1-24-19-29(13-15-33(24)48-4)26-7-5-25(6-8-26)22-42(35-20-30(17-18-39-35)31-14-16-34(40-21-31)41(2)3)37(45)28-11-9-27(10-12-28)36-32(44)23-43(36)38(46)47/h13-21,25-28,32,36,44H,5-12,22-23H2,1-4H3,(H,46,47)/t25-,26-,27?,28?,32-,36+/m1/s1. The topological polar surface area (TPSA) is 119 Å². The van der Waals surface area contributed by atoms with Gasteiger partial charge in [0.05, 0.1) is 25.8 Å². The third kappa shape index (κ3) is 7.14. The number of rotatable bonds is 9. The molecule has 1 saturated heterocycles. The molecule has 2 atom stereocenters. The number of pyridine rings is 2. The lowest BCUT2D eigenvalue weighted by atomic mass is 9.73. The van der Waals surface area contributed by atoms with Crippen molar-refractivity contribution in [3.05, 3.63) is 66.0 Å². The van der Waals surface area contributed by atoms with Crippen molar-refractivity contribution in [3.8, 4) is 16.9 Å². The molecule has 6 rings (SSSR count). The summed E-state index contributed by atoms with van der Waals surface area (Å²) in [6, 6.07) is 14.2. The average molecular weight is 656 g/mol. The third-order valence-electron chi connectivity index (χ3n) is 11.0. The smallest absolute Gasteiger partial charge is 0.407 e. The molecule has 256 valence electrons. The third-order valence-corrected chi connectivity index (χ3v) is 11.0. The van der Waals surface area contributed by atoms with E-state index in [0.717, 1.165) is 66.8 Å². The summed E-state index contributed by atoms with van der Waals surface area (Å²) in [6.07, 6.45) is 9.05. The van der Waals surface area contributed by atoms with Crippen LogP contribution in [0.1, 0.15) is 68.4 Å². The minimum Gasteiger partial charge on any atom is -0.496 e. The molecule has 2 amide bonds. The second kappa shape index (κ2) is 14.5. The van der Waals surface area contributed by atoms with Crippen LogP contribution in [-0.4, -0.2) is 83.5 Å². The van der Waals surface area contributed by atoms with Crippen LogP contribution in [0.25, 0.3) is 11.1 Å². The molecule has 0 radical (unpaired) electrons. The van der Waals surface area contributed by atoms with Crippen LogP contribution in [0.2, 0.25) is 0 Å². The van der Waals surface area contributed by atoms with Gasteiger partial charge in [0, 0.05) is 44.5 Å². The molecule has 1 aliphatic heterocycles. The number of aliphatic hydroxyl groups excluding tert-OH is 1. The molecular weight excluding hydrogens is 606 g/mol. The van der Waals surface area contributed by atoms with Crippen molar-refractivity contribution >= 4 is 23.6 Å². The maximum Gasteiger partial charge on any atom is 0.407 e. The van der Waals surface area contributed by atoms with Crippen molar-refractivity contribution in [2.75, 3.05) is 44.1 Å².